The number of hydrogen-bond acceptors (Lipinski definition) is 4. The minimum absolute atomic E-state index is 0.00475. The first kappa shape index (κ1) is 15.6. The van der Waals surface area contributed by atoms with E-state index in [1.54, 1.807) is 17.4 Å². The zero-order valence-electron chi connectivity index (χ0n) is 14.0. The van der Waals surface area contributed by atoms with Crippen LogP contribution in [-0.2, 0) is 11.2 Å². The number of carbonyl (C=O) groups excluding carboxylic acids is 1. The van der Waals surface area contributed by atoms with Gasteiger partial charge in [-0.05, 0) is 50.8 Å². The summed E-state index contributed by atoms with van der Waals surface area (Å²) in [7, 11) is 0. The van der Waals surface area contributed by atoms with E-state index in [0.29, 0.717) is 6.54 Å². The number of ether oxygens (including phenoxy) is 1. The Kier molecular flexibility index (Phi) is 3.88. The second-order valence-corrected chi connectivity index (χ2v) is 6.93. The lowest BCUT2D eigenvalue weighted by molar-refractivity contribution is 0.0160. The number of aromatic nitrogens is 1. The number of benzene rings is 1. The highest BCUT2D eigenvalue weighted by molar-refractivity contribution is 5.70. The summed E-state index contributed by atoms with van der Waals surface area (Å²) in [4.78, 5) is 14.2. The van der Waals surface area contributed by atoms with Gasteiger partial charge in [-0.3, -0.25) is 0 Å². The zero-order valence-corrected chi connectivity index (χ0v) is 14.0. The Morgan fingerprint density at radius 3 is 2.78 bits per heavy atom. The maximum Gasteiger partial charge on any atom is 0.410 e. The molecule has 0 bridgehead atoms. The van der Waals surface area contributed by atoms with Crippen LogP contribution in [0.1, 0.15) is 44.9 Å². The van der Waals surface area contributed by atoms with E-state index >= 15 is 0 Å². The van der Waals surface area contributed by atoms with Gasteiger partial charge in [-0.2, -0.15) is 0 Å². The third-order valence-electron chi connectivity index (χ3n) is 4.08. The van der Waals surface area contributed by atoms with Crippen molar-refractivity contribution in [1.82, 2.24) is 10.1 Å². The van der Waals surface area contributed by atoms with Crippen molar-refractivity contribution in [3.05, 3.63) is 41.8 Å². The van der Waals surface area contributed by atoms with Gasteiger partial charge in [-0.15, -0.1) is 0 Å². The van der Waals surface area contributed by atoms with Crippen LogP contribution in [0.2, 0.25) is 0 Å². The highest BCUT2D eigenvalue weighted by atomic mass is 16.6. The minimum Gasteiger partial charge on any atom is -0.444 e. The Morgan fingerprint density at radius 2 is 2.13 bits per heavy atom. The summed E-state index contributed by atoms with van der Waals surface area (Å²) in [6.07, 6.45) is 3.92. The first-order chi connectivity index (χ1) is 10.8. The molecule has 1 atom stereocenters. The molecule has 1 unspecified atom stereocenters. The predicted octanol–water partition coefficient (Wildman–Crippen LogP) is 4.20. The first-order valence-corrected chi connectivity index (χ1v) is 7.87. The summed E-state index contributed by atoms with van der Waals surface area (Å²) < 4.78 is 10.4. The summed E-state index contributed by atoms with van der Waals surface area (Å²) in [6, 6.07) is 6.29. The number of carbonyl (C=O) groups is 1. The number of amides is 1. The molecule has 0 saturated carbocycles. The van der Waals surface area contributed by atoms with Gasteiger partial charge >= 0.3 is 6.09 Å². The van der Waals surface area contributed by atoms with Crippen molar-refractivity contribution in [3.8, 4) is 11.1 Å². The quantitative estimate of drug-likeness (QED) is 0.791. The topological polar surface area (TPSA) is 55.6 Å². The fourth-order valence-corrected chi connectivity index (χ4v) is 2.93. The second-order valence-electron chi connectivity index (χ2n) is 6.93. The second kappa shape index (κ2) is 5.72. The third-order valence-corrected chi connectivity index (χ3v) is 4.08. The molecule has 1 aliphatic rings. The molecule has 1 aromatic carbocycles. The van der Waals surface area contributed by atoms with Crippen LogP contribution in [0.25, 0.3) is 11.1 Å². The van der Waals surface area contributed by atoms with Crippen LogP contribution in [0.3, 0.4) is 0 Å². The van der Waals surface area contributed by atoms with Crippen molar-refractivity contribution in [2.24, 2.45) is 0 Å². The van der Waals surface area contributed by atoms with Crippen molar-refractivity contribution in [3.63, 3.8) is 0 Å². The van der Waals surface area contributed by atoms with Gasteiger partial charge in [0.2, 0.25) is 0 Å². The molecule has 1 aromatic heterocycles. The summed E-state index contributed by atoms with van der Waals surface area (Å²) >= 11 is 0. The molecule has 2 heterocycles. The normalized spacial score (nSPS) is 17.7. The van der Waals surface area contributed by atoms with Crippen LogP contribution in [0, 0.1) is 0 Å². The molecule has 0 radical (unpaired) electrons. The Hall–Kier alpha value is -2.30. The van der Waals surface area contributed by atoms with E-state index in [4.69, 9.17) is 9.26 Å². The molecule has 1 amide bonds. The molecule has 1 aliphatic heterocycles. The maximum absolute atomic E-state index is 12.4. The van der Waals surface area contributed by atoms with Crippen LogP contribution < -0.4 is 0 Å². The number of rotatable bonds is 1. The van der Waals surface area contributed by atoms with Gasteiger partial charge < -0.3 is 14.2 Å². The van der Waals surface area contributed by atoms with E-state index in [1.165, 1.54) is 11.1 Å². The summed E-state index contributed by atoms with van der Waals surface area (Å²) in [5.74, 6) is 0. The van der Waals surface area contributed by atoms with Crippen LogP contribution in [0.4, 0.5) is 4.79 Å². The van der Waals surface area contributed by atoms with E-state index in [1.807, 2.05) is 33.8 Å². The lowest BCUT2D eigenvalue weighted by Crippen LogP contribution is -2.42. The van der Waals surface area contributed by atoms with Gasteiger partial charge in [-0.1, -0.05) is 23.4 Å². The lowest BCUT2D eigenvalue weighted by Gasteiger charge is -2.36. The smallest absolute Gasteiger partial charge is 0.410 e. The molecule has 23 heavy (non-hydrogen) atoms. The predicted molar refractivity (Wildman–Crippen MR) is 87.0 cm³/mol. The molecule has 122 valence electrons. The number of hydrogen-bond donors (Lipinski definition) is 0. The molecule has 2 aromatic rings. The van der Waals surface area contributed by atoms with Gasteiger partial charge in [0.05, 0.1) is 12.2 Å². The van der Waals surface area contributed by atoms with Crippen LogP contribution in [-0.4, -0.2) is 28.3 Å². The average molecular weight is 314 g/mol. The molecule has 5 nitrogen and oxygen atoms in total. The third kappa shape index (κ3) is 3.23. The Balaban J connectivity index is 1.83. The summed E-state index contributed by atoms with van der Waals surface area (Å²) in [5.41, 5.74) is 4.01. The molecule has 5 heteroatoms. The molecular weight excluding hydrogens is 292 g/mol. The Labute approximate surface area is 136 Å². The SMILES string of the molecule is CC1c2ccc(-c3cnoc3)cc2CCN1C(=O)OC(C)(C)C. The number of nitrogens with zero attached hydrogens (tertiary/aromatic N) is 2. The van der Waals surface area contributed by atoms with Crippen LogP contribution in [0.5, 0.6) is 0 Å². The van der Waals surface area contributed by atoms with Crippen molar-refractivity contribution >= 4 is 6.09 Å². The largest absolute Gasteiger partial charge is 0.444 e. The number of fused-ring (bicyclic) bond motifs is 1. The molecule has 0 spiro atoms. The highest BCUT2D eigenvalue weighted by Crippen LogP contribution is 2.33. The lowest BCUT2D eigenvalue weighted by atomic mass is 9.91. The van der Waals surface area contributed by atoms with E-state index in [2.05, 4.69) is 17.3 Å². The molecule has 0 saturated heterocycles. The van der Waals surface area contributed by atoms with Gasteiger partial charge in [-0.25, -0.2) is 4.79 Å². The monoisotopic (exact) mass is 314 g/mol. The minimum atomic E-state index is -0.477. The Morgan fingerprint density at radius 1 is 1.35 bits per heavy atom. The van der Waals surface area contributed by atoms with Gasteiger partial charge in [0.15, 0.2) is 0 Å². The fourth-order valence-electron chi connectivity index (χ4n) is 2.93. The van der Waals surface area contributed by atoms with Crippen molar-refractivity contribution in [1.29, 1.82) is 0 Å². The fraction of sp³-hybridized carbons (Fsp3) is 0.444. The molecule has 3 rings (SSSR count). The van der Waals surface area contributed by atoms with E-state index < -0.39 is 5.60 Å². The van der Waals surface area contributed by atoms with Crippen molar-refractivity contribution in [2.45, 2.75) is 45.8 Å². The molecule has 0 aliphatic carbocycles. The van der Waals surface area contributed by atoms with Crippen molar-refractivity contribution in [2.75, 3.05) is 6.54 Å². The van der Waals surface area contributed by atoms with Crippen LogP contribution in [0.15, 0.2) is 35.2 Å². The van der Waals surface area contributed by atoms with Crippen molar-refractivity contribution < 1.29 is 14.1 Å². The summed E-state index contributed by atoms with van der Waals surface area (Å²) in [5, 5.41) is 3.75. The average Bonchev–Trinajstić information content (AvgIpc) is 2.99. The van der Waals surface area contributed by atoms with Gasteiger partial charge in [0.25, 0.3) is 0 Å². The highest BCUT2D eigenvalue weighted by Gasteiger charge is 2.31. The van der Waals surface area contributed by atoms with E-state index in [-0.39, 0.29) is 12.1 Å². The molecule has 0 N–H and O–H groups in total. The van der Waals surface area contributed by atoms with Crippen LogP contribution >= 0.6 is 0 Å². The zero-order chi connectivity index (χ0) is 16.6. The molecular formula is C18H22N2O3. The maximum atomic E-state index is 12.4. The van der Waals surface area contributed by atoms with Gasteiger partial charge in [0.1, 0.15) is 11.9 Å². The standard InChI is InChI=1S/C18H22N2O3/c1-12-16-6-5-13(15-10-19-22-11-15)9-14(16)7-8-20(12)17(21)23-18(2,3)4/h5-6,9-12H,7-8H2,1-4H3. The van der Waals surface area contributed by atoms with E-state index in [0.717, 1.165) is 17.5 Å². The van der Waals surface area contributed by atoms with E-state index in [9.17, 15) is 4.79 Å². The first-order valence-electron chi connectivity index (χ1n) is 7.87. The summed E-state index contributed by atoms with van der Waals surface area (Å²) in [6.45, 7) is 8.37. The Bertz CT molecular complexity index is 702. The van der Waals surface area contributed by atoms with Gasteiger partial charge in [0, 0.05) is 12.1 Å². The molecule has 0 fully saturated rings.